The summed E-state index contributed by atoms with van der Waals surface area (Å²) in [6.45, 7) is 3.70. The van der Waals surface area contributed by atoms with Gasteiger partial charge in [-0.2, -0.15) is 0 Å². The highest BCUT2D eigenvalue weighted by Gasteiger charge is 2.01. The minimum Gasteiger partial charge on any atom is -0.300 e. The molecule has 0 aliphatic heterocycles. The number of carbonyl (C=O) groups excluding carboxylic acids is 1. The maximum atomic E-state index is 10.9. The van der Waals surface area contributed by atoms with Crippen LogP contribution in [-0.2, 0) is 17.6 Å². The summed E-state index contributed by atoms with van der Waals surface area (Å²) in [6, 6.07) is 5.98. The molecule has 1 nitrogen and oxygen atoms in total. The number of Topliss-reactive ketones (excluding diaryl/α,β-unsaturated/α-hetero) is 1. The van der Waals surface area contributed by atoms with Crippen molar-refractivity contribution in [1.29, 1.82) is 0 Å². The van der Waals surface area contributed by atoms with Gasteiger partial charge in [0.1, 0.15) is 5.78 Å². The molecule has 0 heterocycles. The van der Waals surface area contributed by atoms with E-state index in [-0.39, 0.29) is 5.78 Å². The van der Waals surface area contributed by atoms with Gasteiger partial charge in [0.25, 0.3) is 0 Å². The third-order valence-electron chi connectivity index (χ3n) is 1.98. The fourth-order valence-electron chi connectivity index (χ4n) is 1.32. The molecule has 0 bridgehead atoms. The quantitative estimate of drug-likeness (QED) is 0.732. The number of rotatable bonds is 3. The molecule has 0 aliphatic carbocycles. The molecule has 13 heavy (non-hydrogen) atoms. The van der Waals surface area contributed by atoms with Crippen LogP contribution in [0, 0.1) is 0 Å². The van der Waals surface area contributed by atoms with E-state index in [0.29, 0.717) is 6.42 Å². The van der Waals surface area contributed by atoms with Crippen LogP contribution in [0.4, 0.5) is 0 Å². The van der Waals surface area contributed by atoms with Gasteiger partial charge in [-0.05, 0) is 30.5 Å². The van der Waals surface area contributed by atoms with E-state index >= 15 is 0 Å². The van der Waals surface area contributed by atoms with Crippen molar-refractivity contribution < 1.29 is 4.79 Å². The zero-order chi connectivity index (χ0) is 9.84. The van der Waals surface area contributed by atoms with E-state index in [2.05, 4.69) is 25.6 Å². The van der Waals surface area contributed by atoms with Gasteiger partial charge in [0.2, 0.25) is 0 Å². The van der Waals surface area contributed by atoms with Gasteiger partial charge in [-0.15, -0.1) is 12.6 Å². The maximum Gasteiger partial charge on any atom is 0.134 e. The first kappa shape index (κ1) is 10.3. The van der Waals surface area contributed by atoms with Crippen LogP contribution in [-0.4, -0.2) is 5.78 Å². The normalized spacial score (nSPS) is 10.1. The summed E-state index contributed by atoms with van der Waals surface area (Å²) in [5.41, 5.74) is 2.30. The summed E-state index contributed by atoms with van der Waals surface area (Å²) in [7, 11) is 0. The fraction of sp³-hybridized carbons (Fsp3) is 0.364. The molecule has 0 aromatic heterocycles. The summed E-state index contributed by atoms with van der Waals surface area (Å²) >= 11 is 4.33. The second-order valence-electron chi connectivity index (χ2n) is 3.20. The Hall–Kier alpha value is -0.760. The number of ketones is 1. The molecule has 0 N–H and O–H groups in total. The summed E-state index contributed by atoms with van der Waals surface area (Å²) in [5.74, 6) is 0.203. The molecule has 0 spiro atoms. The summed E-state index contributed by atoms with van der Waals surface area (Å²) in [4.78, 5) is 11.9. The van der Waals surface area contributed by atoms with Crippen molar-refractivity contribution in [2.75, 3.05) is 0 Å². The van der Waals surface area contributed by atoms with Gasteiger partial charge in [-0.3, -0.25) is 4.79 Å². The monoisotopic (exact) mass is 194 g/mol. The Bertz CT molecular complexity index is 318. The number of hydrogen-bond acceptors (Lipinski definition) is 2. The number of hydrogen-bond donors (Lipinski definition) is 1. The highest BCUT2D eigenvalue weighted by Crippen LogP contribution is 2.16. The summed E-state index contributed by atoms with van der Waals surface area (Å²) in [5, 5.41) is 0. The molecule has 1 rings (SSSR count). The third-order valence-corrected chi connectivity index (χ3v) is 2.41. The molecule has 2 heteroatoms. The first-order chi connectivity index (χ1) is 6.13. The SMILES string of the molecule is CCc1cc(CC(C)=O)ccc1S. The first-order valence-corrected chi connectivity index (χ1v) is 4.88. The average molecular weight is 194 g/mol. The van der Waals surface area contributed by atoms with Crippen molar-refractivity contribution in [3.8, 4) is 0 Å². The Kier molecular flexibility index (Phi) is 3.55. The van der Waals surface area contributed by atoms with E-state index in [1.165, 1.54) is 5.56 Å². The molecule has 0 aliphatic rings. The largest absolute Gasteiger partial charge is 0.300 e. The lowest BCUT2D eigenvalue weighted by Crippen LogP contribution is -1.97. The number of thiol groups is 1. The smallest absolute Gasteiger partial charge is 0.134 e. The van der Waals surface area contributed by atoms with Crippen LogP contribution >= 0.6 is 12.6 Å². The Labute approximate surface area is 84.6 Å². The molecule has 0 unspecified atom stereocenters. The van der Waals surface area contributed by atoms with Gasteiger partial charge in [-0.1, -0.05) is 19.1 Å². The second kappa shape index (κ2) is 4.47. The van der Waals surface area contributed by atoms with Crippen molar-refractivity contribution in [2.45, 2.75) is 31.6 Å². The summed E-state index contributed by atoms with van der Waals surface area (Å²) < 4.78 is 0. The molecule has 1 aromatic carbocycles. The van der Waals surface area contributed by atoms with Gasteiger partial charge in [0.15, 0.2) is 0 Å². The lowest BCUT2D eigenvalue weighted by molar-refractivity contribution is -0.116. The third kappa shape index (κ3) is 2.88. The standard InChI is InChI=1S/C11H14OS/c1-3-10-7-9(6-8(2)12)4-5-11(10)13/h4-5,7,13H,3,6H2,1-2H3. The number of carbonyl (C=O) groups is 1. The molecule has 0 saturated heterocycles. The van der Waals surface area contributed by atoms with Gasteiger partial charge in [0, 0.05) is 11.3 Å². The van der Waals surface area contributed by atoms with Crippen LogP contribution in [0.1, 0.15) is 25.0 Å². The van der Waals surface area contributed by atoms with E-state index in [1.54, 1.807) is 6.92 Å². The molecule has 0 radical (unpaired) electrons. The van der Waals surface area contributed by atoms with E-state index in [4.69, 9.17) is 0 Å². The van der Waals surface area contributed by atoms with Crippen molar-refractivity contribution in [3.05, 3.63) is 29.3 Å². The maximum absolute atomic E-state index is 10.9. The highest BCUT2D eigenvalue weighted by molar-refractivity contribution is 7.80. The Morgan fingerprint density at radius 1 is 1.46 bits per heavy atom. The summed E-state index contributed by atoms with van der Waals surface area (Å²) in [6.07, 6.45) is 1.49. The second-order valence-corrected chi connectivity index (χ2v) is 3.68. The molecule has 0 saturated carbocycles. The number of benzene rings is 1. The van der Waals surface area contributed by atoms with E-state index < -0.39 is 0 Å². The predicted octanol–water partition coefficient (Wildman–Crippen LogP) is 2.67. The molecule has 0 fully saturated rings. The molecular formula is C11H14OS. The zero-order valence-corrected chi connectivity index (χ0v) is 8.90. The van der Waals surface area contributed by atoms with Crippen molar-refractivity contribution in [3.63, 3.8) is 0 Å². The van der Waals surface area contributed by atoms with Crippen LogP contribution in [0.2, 0.25) is 0 Å². The highest BCUT2D eigenvalue weighted by atomic mass is 32.1. The predicted molar refractivity (Wildman–Crippen MR) is 57.5 cm³/mol. The lowest BCUT2D eigenvalue weighted by atomic mass is 10.0. The van der Waals surface area contributed by atoms with E-state index in [0.717, 1.165) is 16.9 Å². The van der Waals surface area contributed by atoms with Crippen molar-refractivity contribution in [2.24, 2.45) is 0 Å². The van der Waals surface area contributed by atoms with E-state index in [1.807, 2.05) is 12.1 Å². The Morgan fingerprint density at radius 3 is 2.69 bits per heavy atom. The minimum absolute atomic E-state index is 0.203. The van der Waals surface area contributed by atoms with Crippen LogP contribution < -0.4 is 0 Å². The van der Waals surface area contributed by atoms with Gasteiger partial charge in [0.05, 0.1) is 0 Å². The van der Waals surface area contributed by atoms with Crippen LogP contribution in [0.25, 0.3) is 0 Å². The van der Waals surface area contributed by atoms with Crippen LogP contribution in [0.3, 0.4) is 0 Å². The first-order valence-electron chi connectivity index (χ1n) is 4.43. The molecule has 70 valence electrons. The fourth-order valence-corrected chi connectivity index (χ4v) is 1.62. The molecule has 1 aromatic rings. The van der Waals surface area contributed by atoms with Gasteiger partial charge < -0.3 is 0 Å². The van der Waals surface area contributed by atoms with Gasteiger partial charge >= 0.3 is 0 Å². The molecule has 0 atom stereocenters. The van der Waals surface area contributed by atoms with E-state index in [9.17, 15) is 4.79 Å². The van der Waals surface area contributed by atoms with Crippen LogP contribution in [0.5, 0.6) is 0 Å². The topological polar surface area (TPSA) is 17.1 Å². The molecule has 0 amide bonds. The number of aryl methyl sites for hydroxylation is 1. The molecular weight excluding hydrogens is 180 g/mol. The minimum atomic E-state index is 0.203. The van der Waals surface area contributed by atoms with Crippen molar-refractivity contribution in [1.82, 2.24) is 0 Å². The van der Waals surface area contributed by atoms with Crippen LogP contribution in [0.15, 0.2) is 23.1 Å². The Balaban J connectivity index is 2.92. The van der Waals surface area contributed by atoms with Gasteiger partial charge in [-0.25, -0.2) is 0 Å². The Morgan fingerprint density at radius 2 is 2.15 bits per heavy atom. The average Bonchev–Trinajstić information content (AvgIpc) is 2.07. The zero-order valence-electron chi connectivity index (χ0n) is 8.00. The van der Waals surface area contributed by atoms with Crippen molar-refractivity contribution >= 4 is 18.4 Å². The lowest BCUT2D eigenvalue weighted by Gasteiger charge is -2.04.